The molecular weight excluding hydrogens is 512 g/mol. The van der Waals surface area contributed by atoms with E-state index in [1.165, 1.54) is 67.6 Å². The summed E-state index contributed by atoms with van der Waals surface area (Å²) < 4.78 is 57.3. The molecule has 0 bridgehead atoms. The van der Waals surface area contributed by atoms with Gasteiger partial charge < -0.3 is 10.2 Å². The fourth-order valence-corrected chi connectivity index (χ4v) is 5.20. The largest absolute Gasteiger partial charge is 0.350 e. The molecule has 3 aromatic rings. The van der Waals surface area contributed by atoms with Crippen LogP contribution in [0.1, 0.15) is 33.3 Å². The molecule has 38 heavy (non-hydrogen) atoms. The molecule has 0 saturated heterocycles. The van der Waals surface area contributed by atoms with Gasteiger partial charge in [0, 0.05) is 17.6 Å². The molecule has 0 spiro atoms. The molecule has 10 heteroatoms. The third-order valence-corrected chi connectivity index (χ3v) is 7.47. The number of nitrogens with zero attached hydrogens (tertiary/aromatic N) is 2. The average molecular weight is 544 g/mol. The van der Waals surface area contributed by atoms with Gasteiger partial charge in [-0.25, -0.2) is 17.2 Å². The highest BCUT2D eigenvalue weighted by atomic mass is 32.2. The maximum absolute atomic E-state index is 14.9. The van der Waals surface area contributed by atoms with E-state index >= 15 is 0 Å². The van der Waals surface area contributed by atoms with Crippen LogP contribution in [0.5, 0.6) is 0 Å². The minimum atomic E-state index is -4.39. The van der Waals surface area contributed by atoms with E-state index in [-0.39, 0.29) is 22.7 Å². The van der Waals surface area contributed by atoms with Gasteiger partial charge >= 0.3 is 0 Å². The molecule has 0 saturated carbocycles. The zero-order valence-corrected chi connectivity index (χ0v) is 22.5. The molecule has 2 amide bonds. The molecule has 1 atom stereocenters. The summed E-state index contributed by atoms with van der Waals surface area (Å²) in [6.45, 7) is 5.66. The van der Waals surface area contributed by atoms with E-state index < -0.39 is 51.6 Å². The Morgan fingerprint density at radius 2 is 1.42 bits per heavy atom. The van der Waals surface area contributed by atoms with E-state index in [4.69, 9.17) is 0 Å². The molecule has 202 valence electrons. The summed E-state index contributed by atoms with van der Waals surface area (Å²) in [7, 11) is -4.39. The number of nitrogens with one attached hydrogen (secondary N) is 1. The quantitative estimate of drug-likeness (QED) is 0.431. The van der Waals surface area contributed by atoms with Gasteiger partial charge in [-0.05, 0) is 58.0 Å². The average Bonchev–Trinajstić information content (AvgIpc) is 2.86. The first-order valence-corrected chi connectivity index (χ1v) is 13.4. The van der Waals surface area contributed by atoms with Crippen LogP contribution >= 0.6 is 0 Å². The lowest BCUT2D eigenvalue weighted by Crippen LogP contribution is -2.54. The van der Waals surface area contributed by atoms with Gasteiger partial charge in [0.2, 0.25) is 11.8 Å². The summed E-state index contributed by atoms with van der Waals surface area (Å²) in [5.41, 5.74) is -0.810. The van der Waals surface area contributed by atoms with E-state index in [0.717, 1.165) is 11.0 Å². The van der Waals surface area contributed by atoms with Crippen molar-refractivity contribution < 1.29 is 26.8 Å². The van der Waals surface area contributed by atoms with Crippen LogP contribution in [0.3, 0.4) is 0 Å². The molecule has 0 radical (unpaired) electrons. The lowest BCUT2D eigenvalue weighted by atomic mass is 10.1. The van der Waals surface area contributed by atoms with Gasteiger partial charge in [-0.1, -0.05) is 48.5 Å². The van der Waals surface area contributed by atoms with Crippen LogP contribution in [-0.4, -0.2) is 43.3 Å². The van der Waals surface area contributed by atoms with Crippen LogP contribution in [0.15, 0.2) is 83.8 Å². The van der Waals surface area contributed by atoms with Crippen molar-refractivity contribution >= 4 is 27.5 Å². The molecule has 0 heterocycles. The second-order valence-electron chi connectivity index (χ2n) is 9.80. The molecule has 3 aromatic carbocycles. The summed E-state index contributed by atoms with van der Waals surface area (Å²) in [5, 5.41) is 2.79. The molecule has 1 N–H and O–H groups in total. The lowest BCUT2D eigenvalue weighted by molar-refractivity contribution is -0.140. The molecule has 0 aliphatic carbocycles. The number of benzene rings is 3. The van der Waals surface area contributed by atoms with Crippen molar-refractivity contribution in [3.63, 3.8) is 0 Å². The normalized spacial score (nSPS) is 12.5. The van der Waals surface area contributed by atoms with Crippen molar-refractivity contribution in [3.8, 4) is 0 Å². The fraction of sp³-hybridized carbons (Fsp3) is 0.286. The number of amides is 2. The first-order chi connectivity index (χ1) is 17.8. The number of rotatable bonds is 9. The third kappa shape index (κ3) is 6.95. The van der Waals surface area contributed by atoms with Crippen molar-refractivity contribution in [1.29, 1.82) is 0 Å². The number of anilines is 1. The maximum Gasteiger partial charge on any atom is 0.264 e. The number of sulfonamides is 1. The second kappa shape index (κ2) is 11.7. The van der Waals surface area contributed by atoms with E-state index in [1.807, 2.05) is 0 Å². The van der Waals surface area contributed by atoms with E-state index in [2.05, 4.69) is 5.32 Å². The molecular formula is C28H31F2N3O4S. The van der Waals surface area contributed by atoms with Crippen molar-refractivity contribution in [2.24, 2.45) is 0 Å². The Bertz CT molecular complexity index is 1390. The van der Waals surface area contributed by atoms with Gasteiger partial charge in [-0.15, -0.1) is 0 Å². The van der Waals surface area contributed by atoms with Gasteiger partial charge in [0.15, 0.2) is 0 Å². The number of hydrogen-bond acceptors (Lipinski definition) is 4. The second-order valence-corrected chi connectivity index (χ2v) is 11.7. The Morgan fingerprint density at radius 3 is 2.00 bits per heavy atom. The van der Waals surface area contributed by atoms with Crippen molar-refractivity contribution in [1.82, 2.24) is 10.2 Å². The summed E-state index contributed by atoms with van der Waals surface area (Å²) in [6, 6.07) is 17.2. The summed E-state index contributed by atoms with van der Waals surface area (Å²) in [6.07, 6.45) is 0. The highest BCUT2D eigenvalue weighted by molar-refractivity contribution is 7.92. The Balaban J connectivity index is 2.05. The first kappa shape index (κ1) is 28.8. The van der Waals surface area contributed by atoms with E-state index in [0.29, 0.717) is 4.31 Å². The monoisotopic (exact) mass is 543 g/mol. The third-order valence-electron chi connectivity index (χ3n) is 5.70. The molecule has 3 rings (SSSR count). The van der Waals surface area contributed by atoms with Gasteiger partial charge in [0.1, 0.15) is 24.2 Å². The molecule has 0 fully saturated rings. The van der Waals surface area contributed by atoms with E-state index in [1.54, 1.807) is 32.9 Å². The Morgan fingerprint density at radius 1 is 0.868 bits per heavy atom. The molecule has 7 nitrogen and oxygen atoms in total. The summed E-state index contributed by atoms with van der Waals surface area (Å²) in [5.74, 6) is -2.76. The highest BCUT2D eigenvalue weighted by Crippen LogP contribution is 2.27. The highest BCUT2D eigenvalue weighted by Gasteiger charge is 2.34. The standard InChI is InChI=1S/C28H31F2N3O4S/c1-20(27(35)31-28(2,3)4)32(18-21-12-8-9-15-23(21)29)26(34)19-33(25-17-11-10-16-24(25)30)38(36,37)22-13-6-5-7-14-22/h5-17,20H,18-19H2,1-4H3,(H,31,35). The predicted octanol–water partition coefficient (Wildman–Crippen LogP) is 4.49. The number of carbonyl (C=O) groups is 2. The first-order valence-electron chi connectivity index (χ1n) is 12.0. The van der Waals surface area contributed by atoms with Crippen LogP contribution in [0.25, 0.3) is 0 Å². The van der Waals surface area contributed by atoms with Crippen molar-refractivity contribution in [3.05, 3.63) is 96.1 Å². The number of para-hydroxylation sites is 1. The number of carbonyl (C=O) groups excluding carboxylic acids is 2. The number of halogens is 2. The Kier molecular flexibility index (Phi) is 8.88. The molecule has 0 aromatic heterocycles. The van der Waals surface area contributed by atoms with Crippen LogP contribution in [-0.2, 0) is 26.2 Å². The van der Waals surface area contributed by atoms with Crippen molar-refractivity contribution in [2.45, 2.75) is 50.7 Å². The molecule has 1 unspecified atom stereocenters. The predicted molar refractivity (Wildman–Crippen MR) is 142 cm³/mol. The minimum absolute atomic E-state index is 0.139. The van der Waals surface area contributed by atoms with Gasteiger partial charge in [-0.2, -0.15) is 0 Å². The Labute approximate surface area is 222 Å². The van der Waals surface area contributed by atoms with Gasteiger partial charge in [0.05, 0.1) is 10.6 Å². The fourth-order valence-electron chi connectivity index (χ4n) is 3.75. The van der Waals surface area contributed by atoms with Crippen LogP contribution in [0.2, 0.25) is 0 Å². The zero-order chi connectivity index (χ0) is 28.1. The topological polar surface area (TPSA) is 86.8 Å². The van der Waals surface area contributed by atoms with E-state index in [9.17, 15) is 26.8 Å². The summed E-state index contributed by atoms with van der Waals surface area (Å²) in [4.78, 5) is 27.7. The van der Waals surface area contributed by atoms with Crippen LogP contribution in [0.4, 0.5) is 14.5 Å². The maximum atomic E-state index is 14.9. The smallest absolute Gasteiger partial charge is 0.264 e. The SMILES string of the molecule is CC(C(=O)NC(C)(C)C)N(Cc1ccccc1F)C(=O)CN(c1ccccc1F)S(=O)(=O)c1ccccc1. The molecule has 0 aliphatic rings. The summed E-state index contributed by atoms with van der Waals surface area (Å²) >= 11 is 0. The zero-order valence-electron chi connectivity index (χ0n) is 21.7. The van der Waals surface area contributed by atoms with Gasteiger partial charge in [-0.3, -0.25) is 13.9 Å². The van der Waals surface area contributed by atoms with Crippen LogP contribution < -0.4 is 9.62 Å². The molecule has 0 aliphatic heterocycles. The van der Waals surface area contributed by atoms with Gasteiger partial charge in [0.25, 0.3) is 10.0 Å². The van der Waals surface area contributed by atoms with Crippen LogP contribution in [0, 0.1) is 11.6 Å². The number of hydrogen-bond donors (Lipinski definition) is 1. The van der Waals surface area contributed by atoms with Crippen molar-refractivity contribution in [2.75, 3.05) is 10.8 Å². The minimum Gasteiger partial charge on any atom is -0.350 e. The lowest BCUT2D eigenvalue weighted by Gasteiger charge is -2.33. The Hall–Kier alpha value is -3.79.